The number of hydrogen-bond donors (Lipinski definition) is 2. The Hall–Kier alpha value is -1.35. The molecule has 2 rings (SSSR count). The van der Waals surface area contributed by atoms with Crippen molar-refractivity contribution in [2.45, 2.75) is 40.2 Å². The monoisotopic (exact) mass is 488 g/mol. The Morgan fingerprint density at radius 2 is 2.04 bits per heavy atom. The molecule has 0 atom stereocenters. The van der Waals surface area contributed by atoms with Crippen molar-refractivity contribution in [3.8, 4) is 5.75 Å². The van der Waals surface area contributed by atoms with Gasteiger partial charge in [0, 0.05) is 24.2 Å². The molecule has 0 aliphatic carbocycles. The molecule has 0 spiro atoms. The minimum absolute atomic E-state index is 0. The van der Waals surface area contributed by atoms with E-state index in [-0.39, 0.29) is 24.0 Å². The topological polar surface area (TPSA) is 58.5 Å². The van der Waals surface area contributed by atoms with E-state index in [9.17, 15) is 0 Å². The Kier molecular flexibility index (Phi) is 11.3. The van der Waals surface area contributed by atoms with Crippen LogP contribution < -0.4 is 15.4 Å². The highest BCUT2D eigenvalue weighted by atomic mass is 127. The molecule has 0 unspecified atom stereocenters. The number of ether oxygens (including phenoxy) is 1. The SMILES string of the molecule is CCNC(=NCc1ncc(CC)s1)NCCCOc1ccccc1C.I. The summed E-state index contributed by atoms with van der Waals surface area (Å²) < 4.78 is 5.81. The molecule has 2 N–H and O–H groups in total. The maximum atomic E-state index is 5.81. The normalized spacial score (nSPS) is 11.0. The molecule has 1 aromatic heterocycles. The molecule has 1 heterocycles. The van der Waals surface area contributed by atoms with Gasteiger partial charge in [-0.05, 0) is 38.3 Å². The number of halogens is 1. The highest BCUT2D eigenvalue weighted by Crippen LogP contribution is 2.16. The first kappa shape index (κ1) is 22.7. The zero-order valence-electron chi connectivity index (χ0n) is 15.7. The fourth-order valence-corrected chi connectivity index (χ4v) is 3.04. The number of rotatable bonds is 9. The molecule has 144 valence electrons. The third kappa shape index (κ3) is 7.90. The van der Waals surface area contributed by atoms with Crippen LogP contribution in [0.3, 0.4) is 0 Å². The second-order valence-electron chi connectivity index (χ2n) is 5.66. The van der Waals surface area contributed by atoms with Gasteiger partial charge in [-0.25, -0.2) is 9.98 Å². The summed E-state index contributed by atoms with van der Waals surface area (Å²) in [5.74, 6) is 1.78. The van der Waals surface area contributed by atoms with Crippen molar-refractivity contribution in [1.29, 1.82) is 0 Å². The first-order chi connectivity index (χ1) is 12.2. The van der Waals surface area contributed by atoms with E-state index in [2.05, 4.69) is 47.4 Å². The number of nitrogens with zero attached hydrogens (tertiary/aromatic N) is 2. The van der Waals surface area contributed by atoms with E-state index in [0.29, 0.717) is 13.2 Å². The summed E-state index contributed by atoms with van der Waals surface area (Å²) in [6, 6.07) is 8.09. The Morgan fingerprint density at radius 1 is 1.23 bits per heavy atom. The van der Waals surface area contributed by atoms with E-state index in [4.69, 9.17) is 4.74 Å². The Labute approximate surface area is 177 Å². The van der Waals surface area contributed by atoms with E-state index in [1.54, 1.807) is 11.3 Å². The highest BCUT2D eigenvalue weighted by Gasteiger charge is 2.02. The lowest BCUT2D eigenvalue weighted by Crippen LogP contribution is -2.38. The van der Waals surface area contributed by atoms with Crippen LogP contribution >= 0.6 is 35.3 Å². The zero-order chi connectivity index (χ0) is 17.9. The molecular formula is C19H29IN4OS. The molecule has 5 nitrogen and oxygen atoms in total. The standard InChI is InChI=1S/C19H28N4OS.HI/c1-4-16-13-22-18(25-16)14-23-19(20-5-2)21-11-8-12-24-17-10-7-6-9-15(17)3;/h6-7,9-10,13H,4-5,8,11-12,14H2,1-3H3,(H2,20,21,23);1H. The molecule has 0 aliphatic heterocycles. The van der Waals surface area contributed by atoms with E-state index in [1.807, 2.05) is 24.4 Å². The minimum Gasteiger partial charge on any atom is -0.493 e. The number of aliphatic imine (C=N–C) groups is 1. The van der Waals surface area contributed by atoms with Gasteiger partial charge in [0.25, 0.3) is 0 Å². The maximum absolute atomic E-state index is 5.81. The predicted molar refractivity (Wildman–Crippen MR) is 121 cm³/mol. The molecule has 1 aromatic carbocycles. The molecule has 0 amide bonds. The maximum Gasteiger partial charge on any atom is 0.191 e. The van der Waals surface area contributed by atoms with Crippen LogP contribution in [0.1, 0.15) is 35.7 Å². The zero-order valence-corrected chi connectivity index (χ0v) is 18.9. The van der Waals surface area contributed by atoms with Crippen LogP contribution in [0.15, 0.2) is 35.5 Å². The fraction of sp³-hybridized carbons (Fsp3) is 0.474. The Balaban J connectivity index is 0.00000338. The molecule has 0 aliphatic rings. The minimum atomic E-state index is 0. The number of aryl methyl sites for hydroxylation is 2. The van der Waals surface area contributed by atoms with Crippen LogP contribution in [-0.4, -0.2) is 30.6 Å². The molecule has 0 saturated carbocycles. The van der Waals surface area contributed by atoms with Crippen LogP contribution in [0.25, 0.3) is 0 Å². The quantitative estimate of drug-likeness (QED) is 0.241. The molecular weight excluding hydrogens is 459 g/mol. The van der Waals surface area contributed by atoms with Gasteiger partial charge in [0.1, 0.15) is 10.8 Å². The van der Waals surface area contributed by atoms with Gasteiger partial charge in [-0.2, -0.15) is 0 Å². The van der Waals surface area contributed by atoms with Crippen molar-refractivity contribution >= 4 is 41.3 Å². The smallest absolute Gasteiger partial charge is 0.191 e. The van der Waals surface area contributed by atoms with Crippen LogP contribution in [0, 0.1) is 6.92 Å². The highest BCUT2D eigenvalue weighted by molar-refractivity contribution is 14.0. The van der Waals surface area contributed by atoms with Crippen molar-refractivity contribution in [1.82, 2.24) is 15.6 Å². The van der Waals surface area contributed by atoms with Crippen LogP contribution in [0.4, 0.5) is 0 Å². The van der Waals surface area contributed by atoms with Gasteiger partial charge in [0.05, 0.1) is 13.2 Å². The third-order valence-electron chi connectivity index (χ3n) is 3.63. The second kappa shape index (κ2) is 12.9. The summed E-state index contributed by atoms with van der Waals surface area (Å²) in [6.45, 7) is 9.22. The summed E-state index contributed by atoms with van der Waals surface area (Å²) in [5, 5.41) is 7.67. The average Bonchev–Trinajstić information content (AvgIpc) is 3.09. The summed E-state index contributed by atoms with van der Waals surface area (Å²) in [5.41, 5.74) is 1.17. The molecule has 2 aromatic rings. The van der Waals surface area contributed by atoms with Gasteiger partial charge in [-0.3, -0.25) is 0 Å². The lowest BCUT2D eigenvalue weighted by atomic mass is 10.2. The molecule has 0 bridgehead atoms. The number of benzene rings is 1. The predicted octanol–water partition coefficient (Wildman–Crippen LogP) is 4.16. The molecule has 0 radical (unpaired) electrons. The molecule has 7 heteroatoms. The van der Waals surface area contributed by atoms with E-state index >= 15 is 0 Å². The number of nitrogens with one attached hydrogen (secondary N) is 2. The van der Waals surface area contributed by atoms with Crippen LogP contribution in [0.2, 0.25) is 0 Å². The average molecular weight is 488 g/mol. The third-order valence-corrected chi connectivity index (χ3v) is 4.76. The van der Waals surface area contributed by atoms with Gasteiger partial charge in [-0.15, -0.1) is 35.3 Å². The lowest BCUT2D eigenvalue weighted by Gasteiger charge is -2.12. The van der Waals surface area contributed by atoms with Crippen molar-refractivity contribution in [3.05, 3.63) is 45.9 Å². The van der Waals surface area contributed by atoms with Gasteiger partial charge < -0.3 is 15.4 Å². The van der Waals surface area contributed by atoms with E-state index < -0.39 is 0 Å². The van der Waals surface area contributed by atoms with Gasteiger partial charge >= 0.3 is 0 Å². The molecule has 0 saturated heterocycles. The summed E-state index contributed by atoms with van der Waals surface area (Å²) in [6.07, 6.45) is 3.88. The number of thiazole rings is 1. The van der Waals surface area contributed by atoms with Gasteiger partial charge in [0.2, 0.25) is 0 Å². The molecule has 0 fully saturated rings. The summed E-state index contributed by atoms with van der Waals surface area (Å²) >= 11 is 1.73. The molecule has 26 heavy (non-hydrogen) atoms. The van der Waals surface area contributed by atoms with Crippen molar-refractivity contribution in [2.75, 3.05) is 19.7 Å². The van der Waals surface area contributed by atoms with Crippen molar-refractivity contribution in [3.63, 3.8) is 0 Å². The summed E-state index contributed by atoms with van der Waals surface area (Å²) in [4.78, 5) is 10.3. The number of guanidine groups is 1. The number of para-hydroxylation sites is 1. The number of aromatic nitrogens is 1. The van der Waals surface area contributed by atoms with Crippen LogP contribution in [-0.2, 0) is 13.0 Å². The van der Waals surface area contributed by atoms with E-state index in [1.165, 1.54) is 10.4 Å². The first-order valence-electron chi connectivity index (χ1n) is 8.87. The Bertz CT molecular complexity index is 675. The van der Waals surface area contributed by atoms with Crippen molar-refractivity contribution in [2.24, 2.45) is 4.99 Å². The van der Waals surface area contributed by atoms with Crippen LogP contribution in [0.5, 0.6) is 5.75 Å². The first-order valence-corrected chi connectivity index (χ1v) is 9.68. The second-order valence-corrected chi connectivity index (χ2v) is 6.86. The Morgan fingerprint density at radius 3 is 2.73 bits per heavy atom. The largest absolute Gasteiger partial charge is 0.493 e. The number of hydrogen-bond acceptors (Lipinski definition) is 4. The van der Waals surface area contributed by atoms with Crippen molar-refractivity contribution < 1.29 is 4.74 Å². The summed E-state index contributed by atoms with van der Waals surface area (Å²) in [7, 11) is 0. The van der Waals surface area contributed by atoms with E-state index in [0.717, 1.165) is 42.6 Å². The van der Waals surface area contributed by atoms with Gasteiger partial charge in [-0.1, -0.05) is 25.1 Å². The lowest BCUT2D eigenvalue weighted by molar-refractivity contribution is 0.309. The van der Waals surface area contributed by atoms with Gasteiger partial charge in [0.15, 0.2) is 5.96 Å². The fourth-order valence-electron chi connectivity index (χ4n) is 2.25.